The molecule has 1 aromatic heterocycles. The van der Waals surface area contributed by atoms with Crippen molar-refractivity contribution < 1.29 is 4.79 Å². The average molecular weight is 396 g/mol. The predicted molar refractivity (Wildman–Crippen MR) is 102 cm³/mol. The van der Waals surface area contributed by atoms with Crippen LogP contribution in [0.2, 0.25) is 0 Å². The second-order valence-electron chi connectivity index (χ2n) is 5.96. The topological polar surface area (TPSA) is 45.2 Å². The van der Waals surface area contributed by atoms with Gasteiger partial charge in [-0.15, -0.1) is 0 Å². The molecule has 3 rings (SSSR count). The van der Waals surface area contributed by atoms with Crippen LogP contribution < -0.4 is 10.2 Å². The molecule has 1 fully saturated rings. The summed E-state index contributed by atoms with van der Waals surface area (Å²) in [5.41, 5.74) is 2.22. The quantitative estimate of drug-likeness (QED) is 0.740. The van der Waals surface area contributed by atoms with Gasteiger partial charge in [0, 0.05) is 18.8 Å². The van der Waals surface area contributed by atoms with Gasteiger partial charge in [0.25, 0.3) is 0 Å². The highest BCUT2D eigenvalue weighted by Gasteiger charge is 2.16. The van der Waals surface area contributed by atoms with Gasteiger partial charge in [-0.1, -0.05) is 40.6 Å². The zero-order valence-corrected chi connectivity index (χ0v) is 15.8. The Morgan fingerprint density at radius 2 is 2.17 bits per heavy atom. The van der Waals surface area contributed by atoms with E-state index >= 15 is 0 Å². The Labute approximate surface area is 149 Å². The number of hydrogen-bond donors (Lipinski definition) is 1. The Morgan fingerprint density at radius 1 is 1.39 bits per heavy atom. The fourth-order valence-electron chi connectivity index (χ4n) is 2.88. The molecular weight excluding hydrogens is 374 g/mol. The summed E-state index contributed by atoms with van der Waals surface area (Å²) in [7, 11) is 0. The van der Waals surface area contributed by atoms with Crippen LogP contribution in [0.15, 0.2) is 18.2 Å². The molecule has 1 aliphatic rings. The summed E-state index contributed by atoms with van der Waals surface area (Å²) in [6.45, 7) is 4.34. The van der Waals surface area contributed by atoms with Crippen LogP contribution in [-0.4, -0.2) is 28.8 Å². The monoisotopic (exact) mass is 395 g/mol. The average Bonchev–Trinajstić information content (AvgIpc) is 2.97. The maximum Gasteiger partial charge on any atom is 0.239 e. The maximum absolute atomic E-state index is 12.1. The maximum atomic E-state index is 12.1. The van der Waals surface area contributed by atoms with Crippen molar-refractivity contribution in [2.45, 2.75) is 43.9 Å². The van der Waals surface area contributed by atoms with Crippen LogP contribution in [0, 0.1) is 0 Å². The van der Waals surface area contributed by atoms with Crippen LogP contribution in [0.5, 0.6) is 0 Å². The van der Waals surface area contributed by atoms with Gasteiger partial charge >= 0.3 is 0 Å². The van der Waals surface area contributed by atoms with Crippen molar-refractivity contribution in [1.82, 2.24) is 4.98 Å². The first-order valence-corrected chi connectivity index (χ1v) is 10.0. The highest BCUT2D eigenvalue weighted by molar-refractivity contribution is 9.10. The van der Waals surface area contributed by atoms with E-state index in [-0.39, 0.29) is 10.7 Å². The third-order valence-corrected chi connectivity index (χ3v) is 5.96. The molecule has 124 valence electrons. The van der Waals surface area contributed by atoms with Crippen LogP contribution in [0.1, 0.15) is 39.0 Å². The van der Waals surface area contributed by atoms with E-state index in [1.165, 1.54) is 24.9 Å². The fourth-order valence-corrected chi connectivity index (χ4v) is 4.36. The number of nitrogens with one attached hydrogen (secondary N) is 1. The fraction of sp³-hybridized carbons (Fsp3) is 0.529. The molecule has 1 saturated heterocycles. The molecule has 2 heterocycles. The number of piperidine rings is 1. The number of nitrogens with zero attached hydrogens (tertiary/aromatic N) is 2. The number of rotatable bonds is 5. The van der Waals surface area contributed by atoms with Crippen molar-refractivity contribution in [3.8, 4) is 0 Å². The number of carbonyl (C=O) groups excluding carboxylic acids is 1. The Morgan fingerprint density at radius 3 is 2.91 bits per heavy atom. The molecule has 1 aromatic carbocycles. The third kappa shape index (κ3) is 4.04. The minimum Gasteiger partial charge on any atom is -0.371 e. The van der Waals surface area contributed by atoms with E-state index in [0.717, 1.165) is 36.1 Å². The largest absolute Gasteiger partial charge is 0.371 e. The van der Waals surface area contributed by atoms with Gasteiger partial charge in [0.15, 0.2) is 5.13 Å². The minimum atomic E-state index is -0.150. The molecule has 1 N–H and O–H groups in total. The van der Waals surface area contributed by atoms with Gasteiger partial charge < -0.3 is 10.2 Å². The summed E-state index contributed by atoms with van der Waals surface area (Å²) in [6, 6.07) is 6.40. The van der Waals surface area contributed by atoms with Crippen molar-refractivity contribution in [2.24, 2.45) is 0 Å². The predicted octanol–water partition coefficient (Wildman–Crippen LogP) is 4.79. The molecule has 1 amide bonds. The van der Waals surface area contributed by atoms with E-state index in [4.69, 9.17) is 0 Å². The number of fused-ring (bicyclic) bond motifs is 1. The van der Waals surface area contributed by atoms with E-state index in [1.54, 1.807) is 11.3 Å². The number of anilines is 2. The summed E-state index contributed by atoms with van der Waals surface area (Å²) >= 11 is 4.98. The number of halogens is 1. The third-order valence-electron chi connectivity index (χ3n) is 4.15. The van der Waals surface area contributed by atoms with Crippen LogP contribution in [0.4, 0.5) is 10.8 Å². The lowest BCUT2D eigenvalue weighted by Crippen LogP contribution is -2.29. The second-order valence-corrected chi connectivity index (χ2v) is 8.10. The second kappa shape index (κ2) is 7.62. The van der Waals surface area contributed by atoms with E-state index in [0.29, 0.717) is 5.13 Å². The van der Waals surface area contributed by atoms with Crippen LogP contribution in [0.25, 0.3) is 10.2 Å². The minimum absolute atomic E-state index is 0.0119. The van der Waals surface area contributed by atoms with E-state index in [9.17, 15) is 4.79 Å². The van der Waals surface area contributed by atoms with Gasteiger partial charge in [-0.3, -0.25) is 4.79 Å². The molecule has 1 unspecified atom stereocenters. The lowest BCUT2D eigenvalue weighted by atomic mass is 10.1. The van der Waals surface area contributed by atoms with E-state index < -0.39 is 0 Å². The number of benzene rings is 1. The Balaban J connectivity index is 1.75. The number of alkyl halides is 1. The van der Waals surface area contributed by atoms with Crippen molar-refractivity contribution in [2.75, 3.05) is 23.3 Å². The molecule has 6 heteroatoms. The van der Waals surface area contributed by atoms with E-state index in [1.807, 2.05) is 0 Å². The number of hydrogen-bond acceptors (Lipinski definition) is 4. The number of carbonyl (C=O) groups is 1. The summed E-state index contributed by atoms with van der Waals surface area (Å²) in [4.78, 5) is 18.9. The molecule has 0 radical (unpaired) electrons. The van der Waals surface area contributed by atoms with Gasteiger partial charge in [0.05, 0.1) is 15.0 Å². The summed E-state index contributed by atoms with van der Waals surface area (Å²) in [6.07, 6.45) is 5.68. The zero-order chi connectivity index (χ0) is 16.2. The Bertz CT molecular complexity index is 682. The SMILES string of the molecule is CCCC(Br)C(=O)Nc1nc2ccc(N3CCCCC3)cc2s1. The standard InChI is InChI=1S/C17H22BrN3OS/c1-2-6-13(18)16(22)20-17-19-14-8-7-12(11-15(14)23-17)21-9-4-3-5-10-21/h7-8,11,13H,2-6,9-10H2,1H3,(H,19,20,22). The summed E-state index contributed by atoms with van der Waals surface area (Å²) in [5.74, 6) is -0.0119. The number of aromatic nitrogens is 1. The first-order valence-electron chi connectivity index (χ1n) is 8.28. The molecular formula is C17H22BrN3OS. The normalized spacial score (nSPS) is 16.5. The highest BCUT2D eigenvalue weighted by Crippen LogP contribution is 2.31. The molecule has 2 aromatic rings. The molecule has 4 nitrogen and oxygen atoms in total. The van der Waals surface area contributed by atoms with Gasteiger partial charge in [-0.05, 0) is 43.9 Å². The lowest BCUT2D eigenvalue weighted by Gasteiger charge is -2.28. The van der Waals surface area contributed by atoms with Gasteiger partial charge in [0.2, 0.25) is 5.91 Å². The Kier molecular flexibility index (Phi) is 5.54. The first-order chi connectivity index (χ1) is 11.2. The zero-order valence-electron chi connectivity index (χ0n) is 13.3. The van der Waals surface area contributed by atoms with Crippen LogP contribution >= 0.6 is 27.3 Å². The molecule has 0 saturated carbocycles. The van der Waals surface area contributed by atoms with Crippen molar-refractivity contribution in [3.63, 3.8) is 0 Å². The molecule has 0 bridgehead atoms. The van der Waals surface area contributed by atoms with Gasteiger partial charge in [-0.25, -0.2) is 4.98 Å². The van der Waals surface area contributed by atoms with Crippen molar-refractivity contribution >= 4 is 54.2 Å². The molecule has 1 atom stereocenters. The van der Waals surface area contributed by atoms with Gasteiger partial charge in [-0.2, -0.15) is 0 Å². The highest BCUT2D eigenvalue weighted by atomic mass is 79.9. The van der Waals surface area contributed by atoms with Crippen LogP contribution in [0.3, 0.4) is 0 Å². The lowest BCUT2D eigenvalue weighted by molar-refractivity contribution is -0.115. The van der Waals surface area contributed by atoms with Crippen molar-refractivity contribution in [3.05, 3.63) is 18.2 Å². The molecule has 0 aliphatic carbocycles. The molecule has 0 spiro atoms. The molecule has 23 heavy (non-hydrogen) atoms. The summed E-state index contributed by atoms with van der Waals surface area (Å²) in [5, 5.41) is 3.60. The smallest absolute Gasteiger partial charge is 0.239 e. The number of thiazole rings is 1. The molecule has 1 aliphatic heterocycles. The summed E-state index contributed by atoms with van der Waals surface area (Å²) < 4.78 is 1.13. The van der Waals surface area contributed by atoms with Crippen LogP contribution in [-0.2, 0) is 4.79 Å². The van der Waals surface area contributed by atoms with E-state index in [2.05, 4.69) is 56.3 Å². The van der Waals surface area contributed by atoms with Crippen molar-refractivity contribution in [1.29, 1.82) is 0 Å². The first kappa shape index (κ1) is 16.7. The van der Waals surface area contributed by atoms with Gasteiger partial charge in [0.1, 0.15) is 0 Å². The Hall–Kier alpha value is -1.14. The number of amides is 1.